The van der Waals surface area contributed by atoms with Crippen LogP contribution >= 0.6 is 0 Å². The highest BCUT2D eigenvalue weighted by Gasteiger charge is 2.25. The van der Waals surface area contributed by atoms with Crippen LogP contribution in [-0.4, -0.2) is 26.2 Å². The molecule has 0 aliphatic carbocycles. The third-order valence-electron chi connectivity index (χ3n) is 4.24. The molecule has 0 bridgehead atoms. The van der Waals surface area contributed by atoms with Gasteiger partial charge >= 0.3 is 0 Å². The van der Waals surface area contributed by atoms with Gasteiger partial charge in [-0.05, 0) is 26.0 Å². The van der Waals surface area contributed by atoms with Crippen LogP contribution in [0.1, 0.15) is 35.0 Å². The van der Waals surface area contributed by atoms with Crippen LogP contribution in [0.3, 0.4) is 0 Å². The van der Waals surface area contributed by atoms with Crippen molar-refractivity contribution in [2.75, 3.05) is 0 Å². The maximum Gasteiger partial charge on any atom is 0.257 e. The number of rotatable bonds is 5. The zero-order valence-electron chi connectivity index (χ0n) is 15.3. The highest BCUT2D eigenvalue weighted by atomic mass is 16.5. The van der Waals surface area contributed by atoms with Gasteiger partial charge in [0.15, 0.2) is 0 Å². The maximum atomic E-state index is 12.9. The summed E-state index contributed by atoms with van der Waals surface area (Å²) in [7, 11) is 0. The van der Waals surface area contributed by atoms with Crippen molar-refractivity contribution < 1.29 is 13.8 Å². The quantitative estimate of drug-likeness (QED) is 0.568. The van der Waals surface area contributed by atoms with Crippen LogP contribution < -0.4 is 5.32 Å². The number of aryl methyl sites for hydroxylation is 1. The van der Waals surface area contributed by atoms with Crippen molar-refractivity contribution in [3.8, 4) is 22.6 Å². The molecule has 8 heteroatoms. The zero-order chi connectivity index (χ0) is 19.5. The van der Waals surface area contributed by atoms with Crippen molar-refractivity contribution >= 4 is 5.91 Å². The minimum atomic E-state index is -0.492. The summed E-state index contributed by atoms with van der Waals surface area (Å²) in [6.07, 6.45) is 3.30. The van der Waals surface area contributed by atoms with Crippen LogP contribution in [0.5, 0.6) is 0 Å². The first kappa shape index (κ1) is 17.6. The molecule has 1 atom stereocenters. The van der Waals surface area contributed by atoms with Gasteiger partial charge in [-0.25, -0.2) is 0 Å². The van der Waals surface area contributed by atoms with E-state index in [9.17, 15) is 4.79 Å². The van der Waals surface area contributed by atoms with E-state index in [4.69, 9.17) is 9.05 Å². The van der Waals surface area contributed by atoms with Gasteiger partial charge < -0.3 is 14.4 Å². The van der Waals surface area contributed by atoms with Crippen molar-refractivity contribution in [3.05, 3.63) is 72.1 Å². The molecule has 0 fully saturated rings. The topological polar surface area (TPSA) is 107 Å². The molecule has 0 aliphatic heterocycles. The summed E-state index contributed by atoms with van der Waals surface area (Å²) in [6.45, 7) is 3.47. The molecule has 1 N–H and O–H groups in total. The molecule has 0 radical (unpaired) electrons. The fourth-order valence-electron chi connectivity index (χ4n) is 2.79. The maximum absolute atomic E-state index is 12.9. The number of benzene rings is 1. The lowest BCUT2D eigenvalue weighted by Gasteiger charge is -2.10. The van der Waals surface area contributed by atoms with Gasteiger partial charge in [-0.3, -0.25) is 9.78 Å². The molecule has 8 nitrogen and oxygen atoms in total. The molecule has 1 amide bonds. The number of nitrogens with zero attached hydrogens (tertiary/aromatic N) is 4. The minimum absolute atomic E-state index is 0.301. The number of pyridine rings is 1. The van der Waals surface area contributed by atoms with E-state index in [-0.39, 0.29) is 5.91 Å². The first-order valence-electron chi connectivity index (χ1n) is 8.70. The van der Waals surface area contributed by atoms with Gasteiger partial charge in [-0.1, -0.05) is 40.6 Å². The molecule has 3 aromatic heterocycles. The third kappa shape index (κ3) is 3.39. The van der Waals surface area contributed by atoms with Crippen molar-refractivity contribution in [3.63, 3.8) is 0 Å². The number of carbonyl (C=O) groups is 1. The Hall–Kier alpha value is -3.81. The predicted octanol–water partition coefficient (Wildman–Crippen LogP) is 3.59. The highest BCUT2D eigenvalue weighted by Crippen LogP contribution is 2.26. The van der Waals surface area contributed by atoms with Gasteiger partial charge in [0.25, 0.3) is 5.91 Å². The number of amides is 1. The lowest BCUT2D eigenvalue weighted by atomic mass is 10.1. The lowest BCUT2D eigenvalue weighted by molar-refractivity contribution is 0.0931. The second-order valence-corrected chi connectivity index (χ2v) is 6.22. The first-order chi connectivity index (χ1) is 13.6. The standard InChI is InChI=1S/C20H17N5O3/c1-12(20-23-18(25-28-20)15-8-10-21-11-9-15)22-19(26)16-13(2)27-24-17(16)14-6-4-3-5-7-14/h3-12H,1-2H3,(H,22,26)/t12-/m0/s1. The molecule has 0 saturated carbocycles. The Morgan fingerprint density at radius 1 is 1.00 bits per heavy atom. The average Bonchev–Trinajstić information content (AvgIpc) is 3.36. The Balaban J connectivity index is 1.55. The summed E-state index contributed by atoms with van der Waals surface area (Å²) < 4.78 is 10.6. The molecule has 28 heavy (non-hydrogen) atoms. The van der Waals surface area contributed by atoms with E-state index in [2.05, 4.69) is 25.6 Å². The first-order valence-corrected chi connectivity index (χ1v) is 8.70. The number of hydrogen-bond acceptors (Lipinski definition) is 7. The fraction of sp³-hybridized carbons (Fsp3) is 0.150. The van der Waals surface area contributed by atoms with Gasteiger partial charge in [-0.2, -0.15) is 4.98 Å². The molecule has 1 aromatic carbocycles. The SMILES string of the molecule is Cc1onc(-c2ccccc2)c1C(=O)N[C@@H](C)c1nc(-c2ccncc2)no1. The molecule has 0 spiro atoms. The summed E-state index contributed by atoms with van der Waals surface area (Å²) in [5, 5.41) is 10.9. The third-order valence-corrected chi connectivity index (χ3v) is 4.24. The Kier molecular flexibility index (Phi) is 4.67. The van der Waals surface area contributed by atoms with Crippen LogP contribution in [0.2, 0.25) is 0 Å². The van der Waals surface area contributed by atoms with Crippen LogP contribution in [0.15, 0.2) is 63.9 Å². The van der Waals surface area contributed by atoms with E-state index >= 15 is 0 Å². The van der Waals surface area contributed by atoms with Crippen molar-refractivity contribution in [1.82, 2.24) is 25.6 Å². The van der Waals surface area contributed by atoms with Gasteiger partial charge in [0.05, 0.1) is 0 Å². The number of aromatic nitrogens is 4. The summed E-state index contributed by atoms with van der Waals surface area (Å²) in [5.74, 6) is 0.848. The Morgan fingerprint density at radius 2 is 1.75 bits per heavy atom. The number of carbonyl (C=O) groups excluding carboxylic acids is 1. The normalized spacial score (nSPS) is 11.9. The summed E-state index contributed by atoms with van der Waals surface area (Å²) in [5.41, 5.74) is 2.46. The average molecular weight is 375 g/mol. The second-order valence-electron chi connectivity index (χ2n) is 6.22. The van der Waals surface area contributed by atoms with Crippen LogP contribution in [-0.2, 0) is 0 Å². The minimum Gasteiger partial charge on any atom is -0.360 e. The molecule has 0 aliphatic rings. The summed E-state index contributed by atoms with van der Waals surface area (Å²) in [6, 6.07) is 12.5. The second kappa shape index (κ2) is 7.43. The molecule has 0 unspecified atom stereocenters. The van der Waals surface area contributed by atoms with Crippen LogP contribution in [0.4, 0.5) is 0 Å². The van der Waals surface area contributed by atoms with E-state index < -0.39 is 6.04 Å². The molecular weight excluding hydrogens is 358 g/mol. The fourth-order valence-corrected chi connectivity index (χ4v) is 2.79. The van der Waals surface area contributed by atoms with E-state index in [0.717, 1.165) is 11.1 Å². The number of hydrogen-bond donors (Lipinski definition) is 1. The molecule has 0 saturated heterocycles. The van der Waals surface area contributed by atoms with Gasteiger partial charge in [0, 0.05) is 23.5 Å². The zero-order valence-corrected chi connectivity index (χ0v) is 15.3. The van der Waals surface area contributed by atoms with Gasteiger partial charge in [-0.15, -0.1) is 0 Å². The molecule has 4 rings (SSSR count). The monoisotopic (exact) mass is 375 g/mol. The van der Waals surface area contributed by atoms with Crippen molar-refractivity contribution in [2.45, 2.75) is 19.9 Å². The Labute approximate surface area is 160 Å². The van der Waals surface area contributed by atoms with Crippen molar-refractivity contribution in [1.29, 1.82) is 0 Å². The largest absolute Gasteiger partial charge is 0.360 e. The van der Waals surface area contributed by atoms with E-state index in [1.165, 1.54) is 0 Å². The smallest absolute Gasteiger partial charge is 0.257 e. The molecule has 3 heterocycles. The molecular formula is C20H17N5O3. The Bertz CT molecular complexity index is 1090. The van der Waals surface area contributed by atoms with E-state index in [1.807, 2.05) is 30.3 Å². The van der Waals surface area contributed by atoms with Gasteiger partial charge in [0.2, 0.25) is 11.7 Å². The predicted molar refractivity (Wildman–Crippen MR) is 100 cm³/mol. The Morgan fingerprint density at radius 3 is 2.50 bits per heavy atom. The number of nitrogens with one attached hydrogen (secondary N) is 1. The highest BCUT2D eigenvalue weighted by molar-refractivity contribution is 6.00. The molecule has 4 aromatic rings. The van der Waals surface area contributed by atoms with Crippen LogP contribution in [0.25, 0.3) is 22.6 Å². The molecule has 140 valence electrons. The lowest BCUT2D eigenvalue weighted by Crippen LogP contribution is -2.27. The summed E-state index contributed by atoms with van der Waals surface area (Å²) in [4.78, 5) is 21.2. The van der Waals surface area contributed by atoms with Crippen molar-refractivity contribution in [2.24, 2.45) is 0 Å². The van der Waals surface area contributed by atoms with E-state index in [1.54, 1.807) is 38.4 Å². The summed E-state index contributed by atoms with van der Waals surface area (Å²) >= 11 is 0. The van der Waals surface area contributed by atoms with E-state index in [0.29, 0.717) is 28.7 Å². The van der Waals surface area contributed by atoms with Gasteiger partial charge in [0.1, 0.15) is 23.1 Å². The van der Waals surface area contributed by atoms with Crippen LogP contribution in [0, 0.1) is 6.92 Å².